The second kappa shape index (κ2) is 4.49. The standard InChI is InChI=1S/C12H13N3OS/c16-12-14-11(17-9-5-1-2-6-9)13-10-7-3-4-8-15(10)12/h3-4,7-9H,1-2,5-6H2. The molecule has 88 valence electrons. The summed E-state index contributed by atoms with van der Waals surface area (Å²) in [5, 5.41) is 1.20. The number of hydrogen-bond acceptors (Lipinski definition) is 4. The van der Waals surface area contributed by atoms with E-state index in [1.54, 1.807) is 18.0 Å². The molecular weight excluding hydrogens is 234 g/mol. The monoisotopic (exact) mass is 247 g/mol. The van der Waals surface area contributed by atoms with Crippen LogP contribution < -0.4 is 5.69 Å². The molecular formula is C12H13N3OS. The molecule has 0 N–H and O–H groups in total. The number of hydrogen-bond donors (Lipinski definition) is 0. The summed E-state index contributed by atoms with van der Waals surface area (Å²) in [4.78, 5) is 20.2. The molecule has 0 saturated heterocycles. The maximum atomic E-state index is 11.8. The molecule has 0 atom stereocenters. The first-order valence-corrected chi connectivity index (χ1v) is 6.73. The Labute approximate surface area is 103 Å². The molecule has 0 unspecified atom stereocenters. The Balaban J connectivity index is 1.97. The summed E-state index contributed by atoms with van der Waals surface area (Å²) in [5.41, 5.74) is 0.434. The van der Waals surface area contributed by atoms with Gasteiger partial charge in [0.05, 0.1) is 0 Å². The maximum Gasteiger partial charge on any atom is 0.355 e. The molecule has 0 amide bonds. The Bertz CT molecular complexity index is 590. The van der Waals surface area contributed by atoms with Gasteiger partial charge in [0.1, 0.15) is 5.65 Å². The predicted octanol–water partition coefficient (Wildman–Crippen LogP) is 2.12. The molecule has 1 saturated carbocycles. The molecule has 1 aliphatic carbocycles. The zero-order chi connectivity index (χ0) is 11.7. The maximum absolute atomic E-state index is 11.8. The zero-order valence-corrected chi connectivity index (χ0v) is 10.2. The van der Waals surface area contributed by atoms with Crippen LogP contribution in [0.2, 0.25) is 0 Å². The van der Waals surface area contributed by atoms with Gasteiger partial charge in [0.2, 0.25) is 0 Å². The van der Waals surface area contributed by atoms with Gasteiger partial charge in [-0.15, -0.1) is 0 Å². The second-order valence-corrected chi connectivity index (χ2v) is 5.51. The van der Waals surface area contributed by atoms with Crippen LogP contribution in [0.5, 0.6) is 0 Å². The van der Waals surface area contributed by atoms with Crippen molar-refractivity contribution in [3.63, 3.8) is 0 Å². The Morgan fingerprint density at radius 3 is 2.88 bits per heavy atom. The van der Waals surface area contributed by atoms with Crippen LogP contribution in [0, 0.1) is 0 Å². The van der Waals surface area contributed by atoms with Crippen LogP contribution >= 0.6 is 11.8 Å². The van der Waals surface area contributed by atoms with Gasteiger partial charge in [0, 0.05) is 11.4 Å². The normalized spacial score (nSPS) is 16.7. The molecule has 4 nitrogen and oxygen atoms in total. The van der Waals surface area contributed by atoms with Gasteiger partial charge in [-0.25, -0.2) is 9.78 Å². The molecule has 2 aromatic heterocycles. The minimum atomic E-state index is -0.240. The predicted molar refractivity (Wildman–Crippen MR) is 67.4 cm³/mol. The van der Waals surface area contributed by atoms with Gasteiger partial charge in [-0.3, -0.25) is 4.40 Å². The molecule has 2 heterocycles. The van der Waals surface area contributed by atoms with Crippen molar-refractivity contribution in [3.05, 3.63) is 34.9 Å². The molecule has 1 aliphatic rings. The molecule has 3 rings (SSSR count). The van der Waals surface area contributed by atoms with Crippen LogP contribution in [0.25, 0.3) is 5.65 Å². The van der Waals surface area contributed by atoms with Gasteiger partial charge in [0.15, 0.2) is 5.16 Å². The largest absolute Gasteiger partial charge is 0.355 e. The van der Waals surface area contributed by atoms with Gasteiger partial charge in [-0.05, 0) is 25.0 Å². The molecule has 0 spiro atoms. The van der Waals surface area contributed by atoms with Crippen LogP contribution in [0.3, 0.4) is 0 Å². The van der Waals surface area contributed by atoms with E-state index in [0.717, 1.165) is 0 Å². The van der Waals surface area contributed by atoms with Crippen molar-refractivity contribution in [1.29, 1.82) is 0 Å². The molecule has 0 bridgehead atoms. The number of rotatable bonds is 2. The first kappa shape index (κ1) is 10.8. The molecule has 2 aromatic rings. The SMILES string of the molecule is O=c1nc(SC2CCCC2)nc2ccccn12. The van der Waals surface area contributed by atoms with Crippen molar-refractivity contribution in [2.24, 2.45) is 0 Å². The van der Waals surface area contributed by atoms with Gasteiger partial charge in [-0.1, -0.05) is 30.7 Å². The van der Waals surface area contributed by atoms with Crippen molar-refractivity contribution >= 4 is 17.4 Å². The van der Waals surface area contributed by atoms with Crippen LogP contribution in [-0.4, -0.2) is 19.6 Å². The summed E-state index contributed by atoms with van der Waals surface area (Å²) >= 11 is 1.64. The Morgan fingerprint density at radius 1 is 1.24 bits per heavy atom. The topological polar surface area (TPSA) is 47.3 Å². The van der Waals surface area contributed by atoms with Gasteiger partial charge < -0.3 is 0 Å². The van der Waals surface area contributed by atoms with E-state index in [4.69, 9.17) is 0 Å². The summed E-state index contributed by atoms with van der Waals surface area (Å²) in [6, 6.07) is 5.52. The third-order valence-corrected chi connectivity index (χ3v) is 4.22. The van der Waals surface area contributed by atoms with E-state index in [2.05, 4.69) is 9.97 Å². The lowest BCUT2D eigenvalue weighted by Crippen LogP contribution is -2.19. The van der Waals surface area contributed by atoms with Gasteiger partial charge in [0.25, 0.3) is 0 Å². The average molecular weight is 247 g/mol. The second-order valence-electron chi connectivity index (χ2n) is 4.24. The van der Waals surface area contributed by atoms with Crippen molar-refractivity contribution in [3.8, 4) is 0 Å². The van der Waals surface area contributed by atoms with E-state index in [-0.39, 0.29) is 5.69 Å². The molecule has 17 heavy (non-hydrogen) atoms. The minimum absolute atomic E-state index is 0.240. The van der Waals surface area contributed by atoms with E-state index in [0.29, 0.717) is 16.1 Å². The smallest absolute Gasteiger partial charge is 0.251 e. The fraction of sp³-hybridized carbons (Fsp3) is 0.417. The fourth-order valence-electron chi connectivity index (χ4n) is 2.15. The highest BCUT2D eigenvalue weighted by Gasteiger charge is 2.18. The summed E-state index contributed by atoms with van der Waals surface area (Å²) in [6.07, 6.45) is 6.68. The summed E-state index contributed by atoms with van der Waals surface area (Å²) < 4.78 is 1.47. The van der Waals surface area contributed by atoms with Gasteiger partial charge >= 0.3 is 5.69 Å². The number of fused-ring (bicyclic) bond motifs is 1. The van der Waals surface area contributed by atoms with Crippen LogP contribution in [0.1, 0.15) is 25.7 Å². The Kier molecular flexibility index (Phi) is 2.84. The van der Waals surface area contributed by atoms with Crippen LogP contribution in [0.4, 0.5) is 0 Å². The lowest BCUT2D eigenvalue weighted by molar-refractivity contribution is 0.831. The van der Waals surface area contributed by atoms with Gasteiger partial charge in [-0.2, -0.15) is 4.98 Å². The third kappa shape index (κ3) is 2.20. The number of aromatic nitrogens is 3. The first-order valence-electron chi connectivity index (χ1n) is 5.85. The third-order valence-electron chi connectivity index (χ3n) is 3.02. The highest BCUT2D eigenvalue weighted by atomic mass is 32.2. The fourth-order valence-corrected chi connectivity index (χ4v) is 3.30. The molecule has 0 aromatic carbocycles. The first-order chi connectivity index (χ1) is 8.33. The summed E-state index contributed by atoms with van der Waals surface area (Å²) in [7, 11) is 0. The molecule has 0 aliphatic heterocycles. The lowest BCUT2D eigenvalue weighted by atomic mass is 10.4. The Morgan fingerprint density at radius 2 is 2.06 bits per heavy atom. The van der Waals surface area contributed by atoms with E-state index in [1.807, 2.05) is 18.2 Å². The zero-order valence-electron chi connectivity index (χ0n) is 9.37. The molecule has 5 heteroatoms. The average Bonchev–Trinajstić information content (AvgIpc) is 2.82. The summed E-state index contributed by atoms with van der Waals surface area (Å²) in [5.74, 6) is 0. The number of pyridine rings is 1. The van der Waals surface area contributed by atoms with Crippen LogP contribution in [-0.2, 0) is 0 Å². The van der Waals surface area contributed by atoms with E-state index < -0.39 is 0 Å². The lowest BCUT2D eigenvalue weighted by Gasteiger charge is -2.07. The van der Waals surface area contributed by atoms with E-state index in [1.165, 1.54) is 30.1 Å². The van der Waals surface area contributed by atoms with Crippen LogP contribution in [0.15, 0.2) is 34.3 Å². The minimum Gasteiger partial charge on any atom is -0.251 e. The van der Waals surface area contributed by atoms with E-state index in [9.17, 15) is 4.79 Å². The van der Waals surface area contributed by atoms with E-state index >= 15 is 0 Å². The Hall–Kier alpha value is -1.36. The van der Waals surface area contributed by atoms with Crippen molar-refractivity contribution in [1.82, 2.24) is 14.4 Å². The van der Waals surface area contributed by atoms with Crippen molar-refractivity contribution in [2.75, 3.05) is 0 Å². The quantitative estimate of drug-likeness (QED) is 0.815. The van der Waals surface area contributed by atoms with Crippen molar-refractivity contribution < 1.29 is 0 Å². The summed E-state index contributed by atoms with van der Waals surface area (Å²) in [6.45, 7) is 0. The van der Waals surface area contributed by atoms with Crippen molar-refractivity contribution in [2.45, 2.75) is 36.1 Å². The number of thioether (sulfide) groups is 1. The highest BCUT2D eigenvalue weighted by molar-refractivity contribution is 7.99. The number of nitrogens with zero attached hydrogens (tertiary/aromatic N) is 3. The highest BCUT2D eigenvalue weighted by Crippen LogP contribution is 2.32. The molecule has 0 radical (unpaired) electrons. The molecule has 1 fully saturated rings.